The number of fused-ring (bicyclic) bond motifs is 1. The van der Waals surface area contributed by atoms with Crippen LogP contribution in [0.25, 0.3) is 22.5 Å². The van der Waals surface area contributed by atoms with Crippen molar-refractivity contribution in [3.05, 3.63) is 41.5 Å². The highest BCUT2D eigenvalue weighted by Crippen LogP contribution is 2.43. The van der Waals surface area contributed by atoms with E-state index in [0.717, 1.165) is 11.6 Å². The average Bonchev–Trinajstić information content (AvgIpc) is 3.19. The molecule has 156 valence electrons. The minimum absolute atomic E-state index is 0.152. The van der Waals surface area contributed by atoms with Crippen LogP contribution in [0.4, 0.5) is 18.9 Å². The summed E-state index contributed by atoms with van der Waals surface area (Å²) in [7, 11) is -4.81. The van der Waals surface area contributed by atoms with Gasteiger partial charge in [-0.1, -0.05) is 12.1 Å². The van der Waals surface area contributed by atoms with Crippen LogP contribution in [0.3, 0.4) is 0 Å². The minimum Gasteiger partial charge on any atom is -0.387 e. The van der Waals surface area contributed by atoms with Crippen LogP contribution in [0.15, 0.2) is 40.2 Å². The van der Waals surface area contributed by atoms with E-state index in [1.807, 2.05) is 0 Å². The molecule has 0 radical (unpaired) electrons. The second kappa shape index (κ2) is 6.88. The number of H-pyrrole nitrogens is 1. The van der Waals surface area contributed by atoms with Gasteiger partial charge in [-0.2, -0.15) is 18.4 Å². The number of aromatic nitrogens is 4. The number of amidine groups is 1. The minimum atomic E-state index is -4.97. The maximum atomic E-state index is 13.6. The van der Waals surface area contributed by atoms with Crippen LogP contribution in [0.1, 0.15) is 17.5 Å². The molecule has 30 heavy (non-hydrogen) atoms. The number of halogens is 3. The maximum Gasteiger partial charge on any atom is 0.417 e. The summed E-state index contributed by atoms with van der Waals surface area (Å²) < 4.78 is 65.2. The van der Waals surface area contributed by atoms with Gasteiger partial charge >= 0.3 is 6.18 Å². The van der Waals surface area contributed by atoms with Crippen molar-refractivity contribution in [2.24, 2.45) is 15.9 Å². The molecule has 9 nitrogen and oxygen atoms in total. The first-order chi connectivity index (χ1) is 14.1. The topological polar surface area (TPSA) is 153 Å². The van der Waals surface area contributed by atoms with E-state index in [0.29, 0.717) is 36.0 Å². The lowest BCUT2D eigenvalue weighted by Crippen LogP contribution is -2.21. The average molecular weight is 437 g/mol. The largest absolute Gasteiger partial charge is 0.417 e. The third kappa shape index (κ3) is 3.52. The van der Waals surface area contributed by atoms with Gasteiger partial charge in [-0.15, -0.1) is 10.2 Å². The van der Waals surface area contributed by atoms with E-state index < -0.39 is 26.7 Å². The number of benzene rings is 2. The quantitative estimate of drug-likeness (QED) is 0.571. The van der Waals surface area contributed by atoms with Crippen LogP contribution in [-0.4, -0.2) is 34.9 Å². The number of aliphatic imine (C=N–C) groups is 1. The number of tetrazole rings is 1. The number of nitrogens with one attached hydrogen (secondary N) is 1. The van der Waals surface area contributed by atoms with Crippen LogP contribution in [0.2, 0.25) is 0 Å². The van der Waals surface area contributed by atoms with Crippen LogP contribution in [-0.2, 0) is 22.6 Å². The van der Waals surface area contributed by atoms with Gasteiger partial charge in [0.05, 0.1) is 22.6 Å². The molecule has 0 saturated carbocycles. The molecule has 0 bridgehead atoms. The zero-order chi connectivity index (χ0) is 21.7. The second-order valence-corrected chi connectivity index (χ2v) is 8.09. The number of hydrogen-bond donors (Lipinski definition) is 3. The monoisotopic (exact) mass is 437 g/mol. The molecule has 0 saturated heterocycles. The number of nitrogens with zero attached hydrogens (tertiary/aromatic N) is 4. The highest BCUT2D eigenvalue weighted by molar-refractivity contribution is 7.89. The molecule has 0 spiro atoms. The molecule has 0 unspecified atom stereocenters. The van der Waals surface area contributed by atoms with Crippen molar-refractivity contribution in [1.29, 1.82) is 0 Å². The van der Waals surface area contributed by atoms with Crippen molar-refractivity contribution in [2.75, 3.05) is 0 Å². The third-order valence-electron chi connectivity index (χ3n) is 4.62. The first-order valence-corrected chi connectivity index (χ1v) is 10.1. The first-order valence-electron chi connectivity index (χ1n) is 8.53. The third-order valence-corrected chi connectivity index (χ3v) is 5.61. The van der Waals surface area contributed by atoms with E-state index in [1.165, 1.54) is 0 Å². The van der Waals surface area contributed by atoms with E-state index >= 15 is 0 Å². The van der Waals surface area contributed by atoms with E-state index in [4.69, 9.17) is 10.9 Å². The summed E-state index contributed by atoms with van der Waals surface area (Å²) in [6.45, 7) is 0. The smallest absolute Gasteiger partial charge is 0.387 e. The Morgan fingerprint density at radius 1 is 1.10 bits per heavy atom. The number of hydrogen-bond acceptors (Lipinski definition) is 7. The van der Waals surface area contributed by atoms with Gasteiger partial charge in [0.15, 0.2) is 0 Å². The summed E-state index contributed by atoms with van der Waals surface area (Å²) in [5.74, 6) is 0.147. The van der Waals surface area contributed by atoms with Crippen LogP contribution in [0.5, 0.6) is 0 Å². The van der Waals surface area contributed by atoms with Gasteiger partial charge in [-0.05, 0) is 46.5 Å². The first kappa shape index (κ1) is 20.0. The lowest BCUT2D eigenvalue weighted by Gasteiger charge is -2.19. The summed E-state index contributed by atoms with van der Waals surface area (Å²) >= 11 is 0. The SMILES string of the molecule is NC1=Nc2ccc(-c3ccc(C(F)(F)F)c(S(N)(=O)=O)c3-c3nn[nH]n3)cc2CC1. The van der Waals surface area contributed by atoms with E-state index in [1.54, 1.807) is 18.2 Å². The lowest BCUT2D eigenvalue weighted by molar-refractivity contribution is -0.139. The predicted octanol–water partition coefficient (Wildman–Crippen LogP) is 2.13. The van der Waals surface area contributed by atoms with Gasteiger partial charge in [-0.3, -0.25) is 0 Å². The van der Waals surface area contributed by atoms with Crippen molar-refractivity contribution in [3.63, 3.8) is 0 Å². The Labute approximate surface area is 168 Å². The molecule has 1 aromatic heterocycles. The molecule has 0 fully saturated rings. The number of aryl methyl sites for hydroxylation is 1. The molecule has 0 aliphatic carbocycles. The van der Waals surface area contributed by atoms with Gasteiger partial charge in [0, 0.05) is 6.42 Å². The lowest BCUT2D eigenvalue weighted by atomic mass is 9.93. The van der Waals surface area contributed by atoms with Gasteiger partial charge in [0.25, 0.3) is 0 Å². The van der Waals surface area contributed by atoms with E-state index in [2.05, 4.69) is 25.6 Å². The Bertz CT molecular complexity index is 1270. The highest BCUT2D eigenvalue weighted by atomic mass is 32.2. The molecular formula is C17H14F3N7O2S. The Morgan fingerprint density at radius 2 is 1.87 bits per heavy atom. The van der Waals surface area contributed by atoms with Gasteiger partial charge in [-0.25, -0.2) is 18.5 Å². The fraction of sp³-hybridized carbons (Fsp3) is 0.176. The summed E-state index contributed by atoms with van der Waals surface area (Å²) in [6.07, 6.45) is -3.86. The summed E-state index contributed by atoms with van der Waals surface area (Å²) in [6, 6.07) is 6.80. The molecule has 1 aliphatic heterocycles. The van der Waals surface area contributed by atoms with Crippen LogP contribution < -0.4 is 10.9 Å². The van der Waals surface area contributed by atoms with Gasteiger partial charge < -0.3 is 5.73 Å². The molecule has 2 aromatic carbocycles. The number of rotatable bonds is 3. The number of alkyl halides is 3. The van der Waals surface area contributed by atoms with Crippen molar-refractivity contribution in [2.45, 2.75) is 23.9 Å². The molecule has 4 rings (SSSR count). The molecule has 0 amide bonds. The van der Waals surface area contributed by atoms with Crippen molar-refractivity contribution < 1.29 is 21.6 Å². The number of aromatic amines is 1. The zero-order valence-corrected chi connectivity index (χ0v) is 15.9. The predicted molar refractivity (Wildman–Crippen MR) is 101 cm³/mol. The van der Waals surface area contributed by atoms with Gasteiger partial charge in [0.2, 0.25) is 15.8 Å². The zero-order valence-electron chi connectivity index (χ0n) is 15.1. The highest BCUT2D eigenvalue weighted by Gasteiger charge is 2.39. The number of nitrogens with two attached hydrogens (primary N) is 2. The fourth-order valence-electron chi connectivity index (χ4n) is 3.37. The fourth-order valence-corrected chi connectivity index (χ4v) is 4.34. The normalized spacial score (nSPS) is 14.3. The second-order valence-electron chi connectivity index (χ2n) is 6.59. The van der Waals surface area contributed by atoms with Crippen LogP contribution >= 0.6 is 0 Å². The molecule has 13 heteroatoms. The molecule has 1 aliphatic rings. The van der Waals surface area contributed by atoms with E-state index in [9.17, 15) is 21.6 Å². The Balaban J connectivity index is 2.05. The Morgan fingerprint density at radius 3 is 2.50 bits per heavy atom. The molecule has 2 heterocycles. The van der Waals surface area contributed by atoms with E-state index in [-0.39, 0.29) is 17.0 Å². The molecule has 3 aromatic rings. The summed E-state index contributed by atoms with van der Waals surface area (Å²) in [4.78, 5) is 3.13. The summed E-state index contributed by atoms with van der Waals surface area (Å²) in [5.41, 5.74) is 6.00. The molecule has 0 atom stereocenters. The van der Waals surface area contributed by atoms with Crippen LogP contribution in [0, 0.1) is 0 Å². The standard InChI is InChI=1S/C17H14F3N7O2S/c18-17(19,20)11-4-3-10(8-1-5-12-9(7-8)2-6-13(21)23-12)14(15(11)30(22,28)29)16-24-26-27-25-16/h1,3-5,7H,2,6H2,(H2,21,23)(H2,22,28,29)(H,24,25,26,27). The van der Waals surface area contributed by atoms with Crippen molar-refractivity contribution in [1.82, 2.24) is 20.6 Å². The Hall–Kier alpha value is -3.32. The molecular weight excluding hydrogens is 423 g/mol. The Kier molecular flexibility index (Phi) is 4.58. The molecule has 5 N–H and O–H groups in total. The summed E-state index contributed by atoms with van der Waals surface area (Å²) in [5, 5.41) is 18.0. The van der Waals surface area contributed by atoms with Gasteiger partial charge in [0.1, 0.15) is 4.90 Å². The van der Waals surface area contributed by atoms with Crippen molar-refractivity contribution in [3.8, 4) is 22.5 Å². The maximum absolute atomic E-state index is 13.6. The van der Waals surface area contributed by atoms with Crippen molar-refractivity contribution >= 4 is 21.5 Å². The number of sulfonamides is 1. The number of primary sulfonamides is 1.